The van der Waals surface area contributed by atoms with Gasteiger partial charge in [0.05, 0.1) is 17.4 Å². The molecule has 0 bridgehead atoms. The van der Waals surface area contributed by atoms with Crippen LogP contribution in [0.25, 0.3) is 5.52 Å². The second kappa shape index (κ2) is 1.99. The van der Waals surface area contributed by atoms with Crippen LogP contribution < -0.4 is 5.73 Å². The molecule has 0 aliphatic rings. The Hall–Kier alpha value is -1.51. The number of nitrogens with two attached hydrogens (primary N) is 1. The second-order valence-corrected chi connectivity index (χ2v) is 2.56. The predicted octanol–water partition coefficient (Wildman–Crippen LogP) is 1.22. The van der Waals surface area contributed by atoms with Gasteiger partial charge in [0.15, 0.2) is 0 Å². The fourth-order valence-electron chi connectivity index (χ4n) is 1.17. The molecular formula is C8H9N3. The zero-order valence-electron chi connectivity index (χ0n) is 6.28. The van der Waals surface area contributed by atoms with Crippen LogP contribution in [0.5, 0.6) is 0 Å². The first-order valence-corrected chi connectivity index (χ1v) is 3.48. The average Bonchev–Trinajstić information content (AvgIpc) is 2.35. The van der Waals surface area contributed by atoms with Crippen molar-refractivity contribution in [2.75, 3.05) is 5.73 Å². The summed E-state index contributed by atoms with van der Waals surface area (Å²) in [6, 6.07) is 5.93. The van der Waals surface area contributed by atoms with Crippen molar-refractivity contribution in [3.05, 3.63) is 30.1 Å². The Morgan fingerprint density at radius 1 is 1.45 bits per heavy atom. The lowest BCUT2D eigenvalue weighted by Gasteiger charge is -1.96. The van der Waals surface area contributed by atoms with E-state index in [1.165, 1.54) is 0 Å². The number of anilines is 1. The fraction of sp³-hybridized carbons (Fsp3) is 0.125. The van der Waals surface area contributed by atoms with Crippen molar-refractivity contribution in [2.45, 2.75) is 6.92 Å². The van der Waals surface area contributed by atoms with E-state index in [1.807, 2.05) is 29.6 Å². The third kappa shape index (κ3) is 0.774. The summed E-state index contributed by atoms with van der Waals surface area (Å²) >= 11 is 0. The summed E-state index contributed by atoms with van der Waals surface area (Å²) in [4.78, 5) is 0. The third-order valence-corrected chi connectivity index (χ3v) is 1.76. The molecule has 0 aliphatic heterocycles. The number of rotatable bonds is 0. The highest BCUT2D eigenvalue weighted by atomic mass is 15.2. The molecule has 0 spiro atoms. The van der Waals surface area contributed by atoms with Crippen molar-refractivity contribution in [1.82, 2.24) is 9.61 Å². The first-order chi connectivity index (χ1) is 5.29. The molecule has 0 atom stereocenters. The van der Waals surface area contributed by atoms with Gasteiger partial charge in [-0.1, -0.05) is 6.07 Å². The number of nitrogen functional groups attached to an aromatic ring is 1. The van der Waals surface area contributed by atoms with Crippen LogP contribution in [0.2, 0.25) is 0 Å². The summed E-state index contributed by atoms with van der Waals surface area (Å²) in [6.45, 7) is 2.00. The molecule has 3 nitrogen and oxygen atoms in total. The number of aryl methyl sites for hydroxylation is 1. The summed E-state index contributed by atoms with van der Waals surface area (Å²) < 4.78 is 1.83. The number of hydrogen-bond donors (Lipinski definition) is 1. The monoisotopic (exact) mass is 147 g/mol. The molecule has 2 heterocycles. The normalized spacial score (nSPS) is 10.6. The minimum Gasteiger partial charge on any atom is -0.396 e. The van der Waals surface area contributed by atoms with Gasteiger partial charge in [0.2, 0.25) is 0 Å². The second-order valence-electron chi connectivity index (χ2n) is 2.56. The van der Waals surface area contributed by atoms with E-state index < -0.39 is 0 Å². The lowest BCUT2D eigenvalue weighted by Crippen LogP contribution is -1.91. The standard InChI is InChI=1S/C8H9N3/c1-6-3-2-4-8-7(9)5-10-11(6)8/h2-5H,9H2,1H3. The Bertz CT molecular complexity index is 389. The van der Waals surface area contributed by atoms with E-state index >= 15 is 0 Å². The maximum Gasteiger partial charge on any atom is 0.0894 e. The number of hydrogen-bond acceptors (Lipinski definition) is 2. The summed E-state index contributed by atoms with van der Waals surface area (Å²) in [5.74, 6) is 0. The molecule has 0 fully saturated rings. The molecule has 2 rings (SSSR count). The number of aromatic nitrogens is 2. The number of nitrogens with zero attached hydrogens (tertiary/aromatic N) is 2. The maximum absolute atomic E-state index is 5.66. The van der Waals surface area contributed by atoms with Gasteiger partial charge >= 0.3 is 0 Å². The minimum atomic E-state index is 0.730. The van der Waals surface area contributed by atoms with Crippen molar-refractivity contribution in [3.8, 4) is 0 Å². The van der Waals surface area contributed by atoms with Gasteiger partial charge in [0.25, 0.3) is 0 Å². The Balaban J connectivity index is 2.94. The molecule has 0 unspecified atom stereocenters. The third-order valence-electron chi connectivity index (χ3n) is 1.76. The molecule has 0 aromatic carbocycles. The summed E-state index contributed by atoms with van der Waals surface area (Å²) in [5, 5.41) is 4.11. The van der Waals surface area contributed by atoms with Crippen LogP contribution in [-0.4, -0.2) is 9.61 Å². The van der Waals surface area contributed by atoms with Gasteiger partial charge in [-0.2, -0.15) is 5.10 Å². The van der Waals surface area contributed by atoms with E-state index in [0.717, 1.165) is 16.9 Å². The van der Waals surface area contributed by atoms with Crippen molar-refractivity contribution in [1.29, 1.82) is 0 Å². The highest BCUT2D eigenvalue weighted by molar-refractivity contribution is 5.68. The topological polar surface area (TPSA) is 43.3 Å². The minimum absolute atomic E-state index is 0.730. The Labute approximate surface area is 64.4 Å². The Morgan fingerprint density at radius 3 is 3.00 bits per heavy atom. The predicted molar refractivity (Wildman–Crippen MR) is 44.3 cm³/mol. The van der Waals surface area contributed by atoms with Gasteiger partial charge in [-0.25, -0.2) is 4.52 Å². The SMILES string of the molecule is Cc1cccc2c(N)cnn12. The molecule has 2 aromatic rings. The highest BCUT2D eigenvalue weighted by Gasteiger charge is 1.99. The van der Waals surface area contributed by atoms with E-state index in [1.54, 1.807) is 6.20 Å². The number of pyridine rings is 1. The zero-order valence-corrected chi connectivity index (χ0v) is 6.28. The van der Waals surface area contributed by atoms with Crippen molar-refractivity contribution < 1.29 is 0 Å². The lowest BCUT2D eigenvalue weighted by molar-refractivity contribution is 0.915. The van der Waals surface area contributed by atoms with E-state index in [-0.39, 0.29) is 0 Å². The summed E-state index contributed by atoms with van der Waals surface area (Å²) in [7, 11) is 0. The summed E-state index contributed by atoms with van der Waals surface area (Å²) in [5.41, 5.74) is 8.47. The van der Waals surface area contributed by atoms with Gasteiger partial charge in [-0.15, -0.1) is 0 Å². The van der Waals surface area contributed by atoms with Gasteiger partial charge in [0.1, 0.15) is 0 Å². The van der Waals surface area contributed by atoms with Crippen molar-refractivity contribution in [3.63, 3.8) is 0 Å². The quantitative estimate of drug-likeness (QED) is 0.609. The molecule has 2 aromatic heterocycles. The van der Waals surface area contributed by atoms with E-state index in [4.69, 9.17) is 5.73 Å². The zero-order chi connectivity index (χ0) is 7.84. The highest BCUT2D eigenvalue weighted by Crippen LogP contribution is 2.12. The van der Waals surface area contributed by atoms with Crippen LogP contribution in [0, 0.1) is 6.92 Å². The first kappa shape index (κ1) is 6.22. The molecule has 56 valence electrons. The van der Waals surface area contributed by atoms with Gasteiger partial charge < -0.3 is 5.73 Å². The molecular weight excluding hydrogens is 138 g/mol. The average molecular weight is 147 g/mol. The van der Waals surface area contributed by atoms with Crippen molar-refractivity contribution >= 4 is 11.2 Å². The fourth-order valence-corrected chi connectivity index (χ4v) is 1.17. The van der Waals surface area contributed by atoms with Crippen molar-refractivity contribution in [2.24, 2.45) is 0 Å². The molecule has 0 radical (unpaired) electrons. The molecule has 0 aliphatic carbocycles. The molecule has 11 heavy (non-hydrogen) atoms. The summed E-state index contributed by atoms with van der Waals surface area (Å²) in [6.07, 6.45) is 1.67. The first-order valence-electron chi connectivity index (χ1n) is 3.48. The molecule has 2 N–H and O–H groups in total. The smallest absolute Gasteiger partial charge is 0.0894 e. The lowest BCUT2D eigenvalue weighted by atomic mass is 10.3. The van der Waals surface area contributed by atoms with Crippen LogP contribution in [0.1, 0.15) is 5.69 Å². The van der Waals surface area contributed by atoms with Crippen LogP contribution in [0.15, 0.2) is 24.4 Å². The van der Waals surface area contributed by atoms with Crippen LogP contribution in [0.3, 0.4) is 0 Å². The maximum atomic E-state index is 5.66. The van der Waals surface area contributed by atoms with E-state index in [0.29, 0.717) is 0 Å². The molecule has 0 amide bonds. The van der Waals surface area contributed by atoms with E-state index in [2.05, 4.69) is 5.10 Å². The molecule has 0 saturated carbocycles. The van der Waals surface area contributed by atoms with Crippen LogP contribution in [0.4, 0.5) is 5.69 Å². The van der Waals surface area contributed by atoms with Crippen LogP contribution in [-0.2, 0) is 0 Å². The van der Waals surface area contributed by atoms with Crippen LogP contribution >= 0.6 is 0 Å². The molecule has 0 saturated heterocycles. The largest absolute Gasteiger partial charge is 0.396 e. The van der Waals surface area contributed by atoms with Gasteiger partial charge in [-0.3, -0.25) is 0 Å². The Kier molecular flexibility index (Phi) is 1.12. The number of fused-ring (bicyclic) bond motifs is 1. The van der Waals surface area contributed by atoms with Gasteiger partial charge in [0, 0.05) is 5.69 Å². The molecule has 3 heteroatoms. The van der Waals surface area contributed by atoms with E-state index in [9.17, 15) is 0 Å². The Morgan fingerprint density at radius 2 is 2.27 bits per heavy atom. The van der Waals surface area contributed by atoms with Gasteiger partial charge in [-0.05, 0) is 19.1 Å².